The number of amides is 1. The summed E-state index contributed by atoms with van der Waals surface area (Å²) in [5.41, 5.74) is 1.21. The highest BCUT2D eigenvalue weighted by atomic mass is 32.2. The Hall–Kier alpha value is -1.74. The molecule has 146 valence electrons. The number of hydrogen-bond acceptors (Lipinski definition) is 5. The summed E-state index contributed by atoms with van der Waals surface area (Å²) in [6, 6.07) is 11.7. The minimum Gasteiger partial charge on any atom is -0.350 e. The average Bonchev–Trinajstić information content (AvgIpc) is 3.35. The van der Waals surface area contributed by atoms with E-state index in [0.717, 1.165) is 19.4 Å². The first kappa shape index (κ1) is 20.0. The zero-order valence-corrected chi connectivity index (χ0v) is 17.1. The molecule has 6 nitrogen and oxygen atoms in total. The molecule has 8 heteroatoms. The van der Waals surface area contributed by atoms with E-state index in [1.165, 1.54) is 27.3 Å². The van der Waals surface area contributed by atoms with Gasteiger partial charge in [-0.05, 0) is 36.9 Å². The van der Waals surface area contributed by atoms with Gasteiger partial charge in [-0.25, -0.2) is 8.42 Å². The van der Waals surface area contributed by atoms with Crippen molar-refractivity contribution < 1.29 is 13.2 Å². The zero-order valence-electron chi connectivity index (χ0n) is 15.4. The van der Waals surface area contributed by atoms with Crippen LogP contribution in [-0.2, 0) is 16.6 Å². The van der Waals surface area contributed by atoms with E-state index < -0.39 is 10.0 Å². The third-order valence-electron chi connectivity index (χ3n) is 4.59. The van der Waals surface area contributed by atoms with Gasteiger partial charge in [-0.1, -0.05) is 30.3 Å². The molecule has 3 rings (SSSR count). The van der Waals surface area contributed by atoms with Gasteiger partial charge in [0, 0.05) is 32.7 Å². The van der Waals surface area contributed by atoms with E-state index in [0.29, 0.717) is 26.2 Å². The van der Waals surface area contributed by atoms with Crippen molar-refractivity contribution in [3.05, 3.63) is 52.2 Å². The van der Waals surface area contributed by atoms with Gasteiger partial charge < -0.3 is 10.2 Å². The molecule has 0 spiro atoms. The molecule has 27 heavy (non-hydrogen) atoms. The van der Waals surface area contributed by atoms with Crippen LogP contribution in [0.15, 0.2) is 46.7 Å². The summed E-state index contributed by atoms with van der Waals surface area (Å²) >= 11 is 1.17. The van der Waals surface area contributed by atoms with Gasteiger partial charge >= 0.3 is 0 Å². The third kappa shape index (κ3) is 4.95. The molecule has 0 aliphatic carbocycles. The number of likely N-dealkylation sites (N-methyl/N-ethyl adjacent to an activating group) is 1. The molecule has 2 aromatic rings. The highest BCUT2D eigenvalue weighted by molar-refractivity contribution is 7.89. The Morgan fingerprint density at radius 2 is 1.89 bits per heavy atom. The Kier molecular flexibility index (Phi) is 6.64. The van der Waals surface area contributed by atoms with Gasteiger partial charge in [0.1, 0.15) is 9.77 Å². The zero-order chi connectivity index (χ0) is 19.3. The number of carbonyl (C=O) groups excluding carboxylic acids is 1. The molecule has 1 fully saturated rings. The fourth-order valence-corrected chi connectivity index (χ4v) is 5.98. The summed E-state index contributed by atoms with van der Waals surface area (Å²) in [4.78, 5) is 15.0. The number of nitrogens with one attached hydrogen (secondary N) is 1. The van der Waals surface area contributed by atoms with Crippen LogP contribution >= 0.6 is 11.3 Å². The lowest BCUT2D eigenvalue weighted by atomic mass is 10.2. The monoisotopic (exact) mass is 407 g/mol. The van der Waals surface area contributed by atoms with Crippen molar-refractivity contribution in [1.29, 1.82) is 0 Å². The van der Waals surface area contributed by atoms with Gasteiger partial charge in [-0.15, -0.1) is 11.3 Å². The van der Waals surface area contributed by atoms with E-state index in [1.807, 2.05) is 25.2 Å². The van der Waals surface area contributed by atoms with Gasteiger partial charge in [-0.2, -0.15) is 4.31 Å². The summed E-state index contributed by atoms with van der Waals surface area (Å²) < 4.78 is 27.0. The number of thiophene rings is 1. The molecular formula is C19H25N3O3S2. The van der Waals surface area contributed by atoms with Gasteiger partial charge in [0.25, 0.3) is 5.91 Å². The maximum atomic E-state index is 12.8. The van der Waals surface area contributed by atoms with E-state index in [1.54, 1.807) is 5.38 Å². The van der Waals surface area contributed by atoms with Crippen molar-refractivity contribution in [2.24, 2.45) is 0 Å². The second kappa shape index (κ2) is 8.97. The largest absolute Gasteiger partial charge is 0.350 e. The molecule has 0 saturated carbocycles. The lowest BCUT2D eigenvalue weighted by molar-refractivity contribution is 0.0950. The standard InChI is InChI=1S/C19H25N3O3S2/c1-21(15-16-7-3-2-4-8-16)13-10-20-19(23)18-17(9-14-26-18)27(24,25)22-11-5-6-12-22/h2-4,7-9,14H,5-6,10-13,15H2,1H3,(H,20,23). The second-order valence-corrected chi connectivity index (χ2v) is 9.53. The molecule has 2 heterocycles. The molecule has 0 bridgehead atoms. The first-order valence-electron chi connectivity index (χ1n) is 9.07. The number of carbonyl (C=O) groups is 1. The molecule has 0 atom stereocenters. The number of hydrogen-bond donors (Lipinski definition) is 1. The molecule has 1 amide bonds. The van der Waals surface area contributed by atoms with Crippen LogP contribution in [0, 0.1) is 0 Å². The van der Waals surface area contributed by atoms with Gasteiger partial charge in [0.2, 0.25) is 10.0 Å². The summed E-state index contributed by atoms with van der Waals surface area (Å²) in [7, 11) is -1.59. The maximum absolute atomic E-state index is 12.8. The van der Waals surface area contributed by atoms with Crippen LogP contribution in [0.2, 0.25) is 0 Å². The first-order chi connectivity index (χ1) is 13.0. The Bertz CT molecular complexity index is 859. The molecule has 1 N–H and O–H groups in total. The molecule has 0 unspecified atom stereocenters. The van der Waals surface area contributed by atoms with Gasteiger partial charge in [0.15, 0.2) is 0 Å². The molecule has 1 aromatic heterocycles. The number of nitrogens with zero attached hydrogens (tertiary/aromatic N) is 2. The number of rotatable bonds is 8. The van der Waals surface area contributed by atoms with Crippen molar-refractivity contribution in [1.82, 2.24) is 14.5 Å². The van der Waals surface area contributed by atoms with Crippen LogP contribution in [0.1, 0.15) is 28.1 Å². The van der Waals surface area contributed by atoms with E-state index >= 15 is 0 Å². The Morgan fingerprint density at radius 1 is 1.19 bits per heavy atom. The summed E-state index contributed by atoms with van der Waals surface area (Å²) in [5.74, 6) is -0.323. The third-order valence-corrected chi connectivity index (χ3v) is 7.58. The first-order valence-corrected chi connectivity index (χ1v) is 11.4. The fraction of sp³-hybridized carbons (Fsp3) is 0.421. The molecule has 1 saturated heterocycles. The van der Waals surface area contributed by atoms with Gasteiger partial charge in [0.05, 0.1) is 0 Å². The van der Waals surface area contributed by atoms with Crippen LogP contribution in [0.25, 0.3) is 0 Å². The SMILES string of the molecule is CN(CCNC(=O)c1sccc1S(=O)(=O)N1CCCC1)Cc1ccccc1. The molecular weight excluding hydrogens is 382 g/mol. The second-order valence-electron chi connectivity index (χ2n) is 6.70. The summed E-state index contributed by atoms with van der Waals surface area (Å²) in [6.45, 7) is 3.00. The Balaban J connectivity index is 1.55. The smallest absolute Gasteiger partial charge is 0.262 e. The normalized spacial score (nSPS) is 15.3. The Morgan fingerprint density at radius 3 is 2.59 bits per heavy atom. The molecule has 1 aromatic carbocycles. The van der Waals surface area contributed by atoms with Crippen LogP contribution in [0.4, 0.5) is 0 Å². The van der Waals surface area contributed by atoms with Crippen molar-refractivity contribution >= 4 is 27.3 Å². The minimum atomic E-state index is -3.58. The summed E-state index contributed by atoms with van der Waals surface area (Å²) in [5, 5.41) is 4.52. The van der Waals surface area contributed by atoms with Gasteiger partial charge in [-0.3, -0.25) is 4.79 Å². The molecule has 0 radical (unpaired) electrons. The average molecular weight is 408 g/mol. The van der Waals surface area contributed by atoms with Crippen LogP contribution in [0.3, 0.4) is 0 Å². The number of benzene rings is 1. The van der Waals surface area contributed by atoms with Crippen LogP contribution < -0.4 is 5.32 Å². The van der Waals surface area contributed by atoms with Crippen molar-refractivity contribution in [3.63, 3.8) is 0 Å². The lowest BCUT2D eigenvalue weighted by Gasteiger charge is -2.18. The van der Waals surface area contributed by atoms with Crippen molar-refractivity contribution in [3.8, 4) is 0 Å². The highest BCUT2D eigenvalue weighted by Gasteiger charge is 2.31. The van der Waals surface area contributed by atoms with E-state index in [-0.39, 0.29) is 15.7 Å². The van der Waals surface area contributed by atoms with E-state index in [4.69, 9.17) is 0 Å². The molecule has 1 aliphatic heterocycles. The van der Waals surface area contributed by atoms with Crippen molar-refractivity contribution in [2.75, 3.05) is 33.2 Å². The lowest BCUT2D eigenvalue weighted by Crippen LogP contribution is -2.34. The quantitative estimate of drug-likeness (QED) is 0.730. The van der Waals surface area contributed by atoms with E-state index in [2.05, 4.69) is 22.3 Å². The fourth-order valence-electron chi connectivity index (χ4n) is 3.15. The molecule has 1 aliphatic rings. The minimum absolute atomic E-state index is 0.129. The maximum Gasteiger partial charge on any atom is 0.262 e. The van der Waals surface area contributed by atoms with Crippen molar-refractivity contribution in [2.45, 2.75) is 24.3 Å². The predicted octanol–water partition coefficient (Wildman–Crippen LogP) is 2.39. The van der Waals surface area contributed by atoms with Crippen LogP contribution in [0.5, 0.6) is 0 Å². The van der Waals surface area contributed by atoms with E-state index in [9.17, 15) is 13.2 Å². The number of sulfonamides is 1. The predicted molar refractivity (Wildman–Crippen MR) is 107 cm³/mol. The topological polar surface area (TPSA) is 69.7 Å². The summed E-state index contributed by atoms with van der Waals surface area (Å²) in [6.07, 6.45) is 1.75. The Labute approximate surface area is 164 Å². The highest BCUT2D eigenvalue weighted by Crippen LogP contribution is 2.27. The van der Waals surface area contributed by atoms with Crippen LogP contribution in [-0.4, -0.2) is 56.8 Å².